The number of likely N-dealkylation sites (N-methyl/N-ethyl adjacent to an activating group) is 1. The lowest BCUT2D eigenvalue weighted by atomic mass is 10.2. The molecule has 0 saturated carbocycles. The molecule has 0 atom stereocenters. The number of nitrogens with one attached hydrogen (secondary N) is 1. The summed E-state index contributed by atoms with van der Waals surface area (Å²) in [6.07, 6.45) is 0. The highest BCUT2D eigenvalue weighted by molar-refractivity contribution is 7.89. The molecule has 2 aromatic carbocycles. The highest BCUT2D eigenvalue weighted by Crippen LogP contribution is 2.29. The van der Waals surface area contributed by atoms with Crippen LogP contribution in [0, 0.1) is 6.92 Å². The first-order valence-corrected chi connectivity index (χ1v) is 9.84. The van der Waals surface area contributed by atoms with Crippen LogP contribution < -0.4 is 14.8 Å². The number of amides is 1. The van der Waals surface area contributed by atoms with E-state index in [2.05, 4.69) is 5.32 Å². The lowest BCUT2D eigenvalue weighted by molar-refractivity contribution is -0.116. The molecular weight excluding hydrogens is 368 g/mol. The van der Waals surface area contributed by atoms with Gasteiger partial charge in [0.1, 0.15) is 11.5 Å². The molecule has 146 valence electrons. The van der Waals surface area contributed by atoms with Gasteiger partial charge in [-0.3, -0.25) is 4.79 Å². The molecule has 7 nitrogen and oxygen atoms in total. The van der Waals surface area contributed by atoms with Gasteiger partial charge in [0.15, 0.2) is 0 Å². The molecular formula is C19H24N2O5S. The number of aryl methyl sites for hydroxylation is 1. The maximum Gasteiger partial charge on any atom is 0.243 e. The normalized spacial score (nSPS) is 11.3. The number of methoxy groups -OCH3 is 2. The van der Waals surface area contributed by atoms with E-state index in [0.29, 0.717) is 17.2 Å². The van der Waals surface area contributed by atoms with Crippen LogP contribution in [0.4, 0.5) is 5.69 Å². The molecule has 0 spiro atoms. The highest BCUT2D eigenvalue weighted by atomic mass is 32.2. The molecule has 2 aromatic rings. The number of rotatable bonds is 8. The number of carbonyl (C=O) groups is 1. The maximum absolute atomic E-state index is 12.8. The van der Waals surface area contributed by atoms with E-state index in [1.54, 1.807) is 37.3 Å². The molecule has 2 rings (SSSR count). The van der Waals surface area contributed by atoms with Crippen molar-refractivity contribution in [2.24, 2.45) is 0 Å². The zero-order chi connectivity index (χ0) is 20.0. The van der Waals surface area contributed by atoms with Crippen molar-refractivity contribution in [2.75, 3.05) is 32.6 Å². The number of nitrogens with zero attached hydrogens (tertiary/aromatic N) is 1. The summed E-state index contributed by atoms with van der Waals surface area (Å²) in [5.74, 6) is 0.546. The van der Waals surface area contributed by atoms with Crippen LogP contribution in [0.2, 0.25) is 0 Å². The van der Waals surface area contributed by atoms with Crippen molar-refractivity contribution in [2.45, 2.75) is 18.7 Å². The zero-order valence-electron chi connectivity index (χ0n) is 15.9. The number of sulfonamides is 1. The fourth-order valence-electron chi connectivity index (χ4n) is 2.48. The highest BCUT2D eigenvalue weighted by Gasteiger charge is 2.25. The van der Waals surface area contributed by atoms with Gasteiger partial charge in [-0.05, 0) is 31.2 Å². The summed E-state index contributed by atoms with van der Waals surface area (Å²) < 4.78 is 37.0. The van der Waals surface area contributed by atoms with Crippen LogP contribution in [0.25, 0.3) is 0 Å². The van der Waals surface area contributed by atoms with Gasteiger partial charge in [0.25, 0.3) is 0 Å². The number of hydrogen-bond acceptors (Lipinski definition) is 5. The molecule has 27 heavy (non-hydrogen) atoms. The minimum atomic E-state index is -3.76. The van der Waals surface area contributed by atoms with Crippen molar-refractivity contribution in [1.29, 1.82) is 0 Å². The van der Waals surface area contributed by atoms with Gasteiger partial charge in [0, 0.05) is 12.6 Å². The molecule has 0 fully saturated rings. The third-order valence-corrected chi connectivity index (χ3v) is 5.95. The van der Waals surface area contributed by atoms with Crippen LogP contribution in [0.1, 0.15) is 12.5 Å². The van der Waals surface area contributed by atoms with Gasteiger partial charge in [0.05, 0.1) is 31.3 Å². The summed E-state index contributed by atoms with van der Waals surface area (Å²) in [4.78, 5) is 12.6. The predicted octanol–water partition coefficient (Wildman–Crippen LogP) is 2.66. The fourth-order valence-corrected chi connectivity index (χ4v) is 3.88. The molecule has 0 aliphatic heterocycles. The number of benzene rings is 2. The summed E-state index contributed by atoms with van der Waals surface area (Å²) in [5, 5.41) is 2.68. The Morgan fingerprint density at radius 3 is 2.30 bits per heavy atom. The summed E-state index contributed by atoms with van der Waals surface area (Å²) >= 11 is 0. The summed E-state index contributed by atoms with van der Waals surface area (Å²) in [6, 6.07) is 11.5. The van der Waals surface area contributed by atoms with E-state index in [1.807, 2.05) is 6.92 Å². The van der Waals surface area contributed by atoms with E-state index in [4.69, 9.17) is 9.47 Å². The van der Waals surface area contributed by atoms with Crippen molar-refractivity contribution in [3.8, 4) is 11.5 Å². The Kier molecular flexibility index (Phi) is 6.81. The second kappa shape index (κ2) is 8.88. The number of anilines is 1. The number of ether oxygens (including phenoxy) is 2. The monoisotopic (exact) mass is 392 g/mol. The Hall–Kier alpha value is -2.58. The minimum Gasteiger partial charge on any atom is -0.497 e. The van der Waals surface area contributed by atoms with E-state index >= 15 is 0 Å². The van der Waals surface area contributed by atoms with E-state index in [9.17, 15) is 13.2 Å². The van der Waals surface area contributed by atoms with Crippen LogP contribution in [0.15, 0.2) is 47.4 Å². The fraction of sp³-hybridized carbons (Fsp3) is 0.316. The largest absolute Gasteiger partial charge is 0.497 e. The first-order valence-electron chi connectivity index (χ1n) is 8.40. The molecule has 0 heterocycles. The third-order valence-electron chi connectivity index (χ3n) is 4.01. The first kappa shape index (κ1) is 20.7. The quantitative estimate of drug-likeness (QED) is 0.747. The smallest absolute Gasteiger partial charge is 0.243 e. The molecule has 8 heteroatoms. The molecule has 0 radical (unpaired) electrons. The molecule has 0 aliphatic rings. The molecule has 0 unspecified atom stereocenters. The van der Waals surface area contributed by atoms with E-state index in [-0.39, 0.29) is 18.0 Å². The van der Waals surface area contributed by atoms with Gasteiger partial charge in [-0.15, -0.1) is 0 Å². The van der Waals surface area contributed by atoms with Gasteiger partial charge in [-0.2, -0.15) is 4.31 Å². The average Bonchev–Trinajstić information content (AvgIpc) is 2.66. The molecule has 0 aliphatic carbocycles. The Morgan fingerprint density at radius 1 is 1.07 bits per heavy atom. The Balaban J connectivity index is 2.16. The second-order valence-electron chi connectivity index (χ2n) is 5.86. The van der Waals surface area contributed by atoms with Crippen molar-refractivity contribution in [1.82, 2.24) is 4.31 Å². The van der Waals surface area contributed by atoms with Crippen LogP contribution in [0.5, 0.6) is 11.5 Å². The topological polar surface area (TPSA) is 84.9 Å². The van der Waals surface area contributed by atoms with Gasteiger partial charge in [0.2, 0.25) is 15.9 Å². The van der Waals surface area contributed by atoms with E-state index in [0.717, 1.165) is 9.87 Å². The van der Waals surface area contributed by atoms with Crippen molar-refractivity contribution in [3.63, 3.8) is 0 Å². The van der Waals surface area contributed by atoms with Crippen LogP contribution >= 0.6 is 0 Å². The molecule has 1 N–H and O–H groups in total. The van der Waals surface area contributed by atoms with Gasteiger partial charge in [-0.25, -0.2) is 8.42 Å². The van der Waals surface area contributed by atoms with Crippen molar-refractivity contribution in [3.05, 3.63) is 48.0 Å². The number of hydrogen-bond donors (Lipinski definition) is 1. The molecule has 0 saturated heterocycles. The average molecular weight is 392 g/mol. The Bertz CT molecular complexity index is 895. The Labute approximate surface area is 160 Å². The maximum atomic E-state index is 12.8. The summed E-state index contributed by atoms with van der Waals surface area (Å²) in [6.45, 7) is 3.43. The van der Waals surface area contributed by atoms with Crippen LogP contribution in [-0.4, -0.2) is 45.9 Å². The SMILES string of the molecule is CCN(CC(=O)Nc1ccc(OC)cc1OC)S(=O)(=O)c1ccc(C)cc1. The number of carbonyl (C=O) groups excluding carboxylic acids is 1. The van der Waals surface area contributed by atoms with Crippen molar-refractivity contribution >= 4 is 21.6 Å². The van der Waals surface area contributed by atoms with Gasteiger partial charge in [-0.1, -0.05) is 24.6 Å². The third kappa shape index (κ3) is 4.99. The standard InChI is InChI=1S/C19H24N2O5S/c1-5-21(27(23,24)16-9-6-14(2)7-10-16)13-19(22)20-17-11-8-15(25-3)12-18(17)26-4/h6-12H,5,13H2,1-4H3,(H,20,22). The summed E-state index contributed by atoms with van der Waals surface area (Å²) in [7, 11) is -0.754. The Morgan fingerprint density at radius 2 is 1.74 bits per heavy atom. The van der Waals surface area contributed by atoms with E-state index < -0.39 is 15.9 Å². The van der Waals surface area contributed by atoms with Gasteiger partial charge >= 0.3 is 0 Å². The lowest BCUT2D eigenvalue weighted by Crippen LogP contribution is -2.37. The van der Waals surface area contributed by atoms with Gasteiger partial charge < -0.3 is 14.8 Å². The lowest BCUT2D eigenvalue weighted by Gasteiger charge is -2.20. The molecule has 0 bridgehead atoms. The van der Waals surface area contributed by atoms with E-state index in [1.165, 1.54) is 26.4 Å². The molecule has 0 aromatic heterocycles. The van der Waals surface area contributed by atoms with Crippen molar-refractivity contribution < 1.29 is 22.7 Å². The predicted molar refractivity (Wildman–Crippen MR) is 104 cm³/mol. The first-order chi connectivity index (χ1) is 12.8. The molecule has 1 amide bonds. The minimum absolute atomic E-state index is 0.157. The van der Waals surface area contributed by atoms with Crippen LogP contribution in [0.3, 0.4) is 0 Å². The second-order valence-corrected chi connectivity index (χ2v) is 7.80. The summed E-state index contributed by atoms with van der Waals surface area (Å²) in [5.41, 5.74) is 1.40. The van der Waals surface area contributed by atoms with Crippen LogP contribution in [-0.2, 0) is 14.8 Å². The zero-order valence-corrected chi connectivity index (χ0v) is 16.7.